The number of carbonyl (C=O) groups is 1. The summed E-state index contributed by atoms with van der Waals surface area (Å²) < 4.78 is 5.49. The minimum atomic E-state index is -1.01. The standard InChI is InChI=1S/C13H12N2O3/c14-11-4-3-10(13(16)17)6-12(11)18-8-9-2-1-5-15-7-9/h1-7H,8,14H2,(H,16,17). The first-order valence-electron chi connectivity index (χ1n) is 5.31. The number of pyridine rings is 1. The van der Waals surface area contributed by atoms with Gasteiger partial charge in [-0.25, -0.2) is 4.79 Å². The molecule has 0 atom stereocenters. The van der Waals surface area contributed by atoms with E-state index < -0.39 is 5.97 Å². The molecule has 0 fully saturated rings. The second-order valence-electron chi connectivity index (χ2n) is 3.71. The van der Waals surface area contributed by atoms with E-state index in [4.69, 9.17) is 15.6 Å². The fourth-order valence-corrected chi connectivity index (χ4v) is 1.44. The zero-order chi connectivity index (χ0) is 13.0. The summed E-state index contributed by atoms with van der Waals surface area (Å²) in [6.07, 6.45) is 3.35. The van der Waals surface area contributed by atoms with E-state index >= 15 is 0 Å². The monoisotopic (exact) mass is 244 g/mol. The quantitative estimate of drug-likeness (QED) is 0.803. The molecule has 0 aliphatic heterocycles. The normalized spacial score (nSPS) is 10.0. The number of hydrogen-bond donors (Lipinski definition) is 2. The highest BCUT2D eigenvalue weighted by molar-refractivity contribution is 5.89. The van der Waals surface area contributed by atoms with Crippen LogP contribution in [0.2, 0.25) is 0 Å². The highest BCUT2D eigenvalue weighted by atomic mass is 16.5. The molecule has 18 heavy (non-hydrogen) atoms. The third kappa shape index (κ3) is 2.76. The second kappa shape index (κ2) is 5.18. The Hall–Kier alpha value is -2.56. The van der Waals surface area contributed by atoms with Crippen LogP contribution in [0.3, 0.4) is 0 Å². The molecule has 5 nitrogen and oxygen atoms in total. The van der Waals surface area contributed by atoms with Gasteiger partial charge < -0.3 is 15.6 Å². The first-order valence-corrected chi connectivity index (χ1v) is 5.31. The van der Waals surface area contributed by atoms with E-state index in [9.17, 15) is 4.79 Å². The van der Waals surface area contributed by atoms with Crippen molar-refractivity contribution < 1.29 is 14.6 Å². The van der Waals surface area contributed by atoms with Crippen LogP contribution in [0.15, 0.2) is 42.7 Å². The van der Waals surface area contributed by atoms with Gasteiger partial charge in [-0.05, 0) is 24.3 Å². The van der Waals surface area contributed by atoms with Gasteiger partial charge in [-0.1, -0.05) is 6.07 Å². The van der Waals surface area contributed by atoms with Crippen LogP contribution < -0.4 is 10.5 Å². The summed E-state index contributed by atoms with van der Waals surface area (Å²) in [6, 6.07) is 8.03. The molecule has 0 bridgehead atoms. The number of aromatic nitrogens is 1. The van der Waals surface area contributed by atoms with Gasteiger partial charge in [0.2, 0.25) is 0 Å². The summed E-state index contributed by atoms with van der Waals surface area (Å²) >= 11 is 0. The van der Waals surface area contributed by atoms with Gasteiger partial charge in [0.15, 0.2) is 0 Å². The Bertz CT molecular complexity index is 555. The number of nitrogens with zero attached hydrogens (tertiary/aromatic N) is 1. The van der Waals surface area contributed by atoms with Crippen LogP contribution in [-0.4, -0.2) is 16.1 Å². The lowest BCUT2D eigenvalue weighted by molar-refractivity contribution is 0.0696. The van der Waals surface area contributed by atoms with E-state index in [1.165, 1.54) is 18.2 Å². The molecule has 1 aromatic heterocycles. The Balaban J connectivity index is 2.14. The lowest BCUT2D eigenvalue weighted by atomic mass is 10.2. The molecule has 3 N–H and O–H groups in total. The van der Waals surface area contributed by atoms with Crippen molar-refractivity contribution in [1.82, 2.24) is 4.98 Å². The molecule has 0 unspecified atom stereocenters. The van der Waals surface area contributed by atoms with Gasteiger partial charge >= 0.3 is 5.97 Å². The Labute approximate surface area is 104 Å². The van der Waals surface area contributed by atoms with Crippen molar-refractivity contribution in [1.29, 1.82) is 0 Å². The van der Waals surface area contributed by atoms with Crippen LogP contribution in [-0.2, 0) is 6.61 Å². The fraction of sp³-hybridized carbons (Fsp3) is 0.0769. The van der Waals surface area contributed by atoms with E-state index in [1.54, 1.807) is 18.5 Å². The van der Waals surface area contributed by atoms with E-state index in [1.807, 2.05) is 6.07 Å². The van der Waals surface area contributed by atoms with Gasteiger partial charge in [-0.3, -0.25) is 4.98 Å². The molecule has 2 aromatic rings. The molecule has 1 heterocycles. The number of nitrogen functional groups attached to an aromatic ring is 1. The molecular formula is C13H12N2O3. The van der Waals surface area contributed by atoms with Crippen LogP contribution in [0.25, 0.3) is 0 Å². The number of nitrogens with two attached hydrogens (primary N) is 1. The Kier molecular flexibility index (Phi) is 3.43. The van der Waals surface area contributed by atoms with E-state index in [0.717, 1.165) is 5.56 Å². The van der Waals surface area contributed by atoms with E-state index in [-0.39, 0.29) is 5.56 Å². The zero-order valence-corrected chi connectivity index (χ0v) is 9.54. The maximum atomic E-state index is 10.8. The van der Waals surface area contributed by atoms with Crippen molar-refractivity contribution in [2.45, 2.75) is 6.61 Å². The molecule has 0 saturated heterocycles. The summed E-state index contributed by atoms with van der Waals surface area (Å²) in [5.41, 5.74) is 7.16. The number of carboxylic acids is 1. The summed E-state index contributed by atoms with van der Waals surface area (Å²) in [4.78, 5) is 14.8. The van der Waals surface area contributed by atoms with Gasteiger partial charge in [0.25, 0.3) is 0 Å². The van der Waals surface area contributed by atoms with Crippen LogP contribution in [0.4, 0.5) is 5.69 Å². The number of ether oxygens (including phenoxy) is 1. The zero-order valence-electron chi connectivity index (χ0n) is 9.54. The Morgan fingerprint density at radius 1 is 1.39 bits per heavy atom. The molecule has 2 rings (SSSR count). The highest BCUT2D eigenvalue weighted by Gasteiger charge is 2.07. The van der Waals surface area contributed by atoms with Crippen molar-refractivity contribution in [2.75, 3.05) is 5.73 Å². The number of anilines is 1. The molecule has 0 amide bonds. The number of aromatic carboxylic acids is 1. The molecule has 0 saturated carbocycles. The van der Waals surface area contributed by atoms with E-state index in [2.05, 4.69) is 4.98 Å². The largest absolute Gasteiger partial charge is 0.487 e. The topological polar surface area (TPSA) is 85.4 Å². The number of hydrogen-bond acceptors (Lipinski definition) is 4. The molecule has 0 aliphatic rings. The maximum absolute atomic E-state index is 10.8. The van der Waals surface area contributed by atoms with Crippen LogP contribution in [0, 0.1) is 0 Å². The van der Waals surface area contributed by atoms with Crippen molar-refractivity contribution in [3.63, 3.8) is 0 Å². The molecule has 0 spiro atoms. The predicted molar refractivity (Wildman–Crippen MR) is 66.4 cm³/mol. The average Bonchev–Trinajstić information content (AvgIpc) is 2.38. The average molecular weight is 244 g/mol. The summed E-state index contributed by atoms with van der Waals surface area (Å²) in [5, 5.41) is 8.88. The van der Waals surface area contributed by atoms with Crippen molar-refractivity contribution in [2.24, 2.45) is 0 Å². The van der Waals surface area contributed by atoms with Gasteiger partial charge in [0, 0.05) is 18.0 Å². The van der Waals surface area contributed by atoms with Gasteiger partial charge in [0.1, 0.15) is 12.4 Å². The lowest BCUT2D eigenvalue weighted by Crippen LogP contribution is -2.02. The molecule has 0 aliphatic carbocycles. The molecular weight excluding hydrogens is 232 g/mol. The first kappa shape index (κ1) is 11.9. The van der Waals surface area contributed by atoms with Gasteiger partial charge in [-0.2, -0.15) is 0 Å². The summed E-state index contributed by atoms with van der Waals surface area (Å²) in [6.45, 7) is 0.293. The Morgan fingerprint density at radius 3 is 2.89 bits per heavy atom. The molecule has 0 radical (unpaired) electrons. The van der Waals surface area contributed by atoms with E-state index in [0.29, 0.717) is 18.0 Å². The minimum absolute atomic E-state index is 0.144. The fourth-order valence-electron chi connectivity index (χ4n) is 1.44. The summed E-state index contributed by atoms with van der Waals surface area (Å²) in [5.74, 6) is -0.653. The Morgan fingerprint density at radius 2 is 2.22 bits per heavy atom. The summed E-state index contributed by atoms with van der Waals surface area (Å²) in [7, 11) is 0. The number of benzene rings is 1. The van der Waals surface area contributed by atoms with Crippen LogP contribution in [0.1, 0.15) is 15.9 Å². The molecule has 5 heteroatoms. The first-order chi connectivity index (χ1) is 8.66. The second-order valence-corrected chi connectivity index (χ2v) is 3.71. The smallest absolute Gasteiger partial charge is 0.335 e. The number of carboxylic acid groups (broad SMARTS) is 1. The molecule has 92 valence electrons. The SMILES string of the molecule is Nc1ccc(C(=O)O)cc1OCc1cccnc1. The third-order valence-electron chi connectivity index (χ3n) is 2.38. The van der Waals surface area contributed by atoms with Gasteiger partial charge in [0.05, 0.1) is 11.3 Å². The highest BCUT2D eigenvalue weighted by Crippen LogP contribution is 2.23. The van der Waals surface area contributed by atoms with Crippen molar-refractivity contribution in [3.8, 4) is 5.75 Å². The van der Waals surface area contributed by atoms with Crippen molar-refractivity contribution >= 4 is 11.7 Å². The van der Waals surface area contributed by atoms with Gasteiger partial charge in [-0.15, -0.1) is 0 Å². The van der Waals surface area contributed by atoms with Crippen LogP contribution >= 0.6 is 0 Å². The van der Waals surface area contributed by atoms with Crippen molar-refractivity contribution in [3.05, 3.63) is 53.9 Å². The molecule has 1 aromatic carbocycles. The van der Waals surface area contributed by atoms with Crippen LogP contribution in [0.5, 0.6) is 5.75 Å². The lowest BCUT2D eigenvalue weighted by Gasteiger charge is -2.09. The predicted octanol–water partition coefficient (Wildman–Crippen LogP) is 1.94. The number of rotatable bonds is 4. The third-order valence-corrected chi connectivity index (χ3v) is 2.38. The maximum Gasteiger partial charge on any atom is 0.335 e. The minimum Gasteiger partial charge on any atom is -0.487 e.